The Morgan fingerprint density at radius 3 is 2.12 bits per heavy atom. The number of nitrogens with one attached hydrogen (secondary N) is 1. The van der Waals surface area contributed by atoms with Gasteiger partial charge in [0.15, 0.2) is 12.6 Å². The molecule has 3 aromatic carbocycles. The highest BCUT2D eigenvalue weighted by atomic mass is 28.3. The minimum absolute atomic E-state index is 0.0135. The number of amides is 4. The van der Waals surface area contributed by atoms with Crippen molar-refractivity contribution >= 4 is 65.1 Å². The van der Waals surface area contributed by atoms with Gasteiger partial charge in [0.1, 0.15) is 54.9 Å². The van der Waals surface area contributed by atoms with Gasteiger partial charge in [0.2, 0.25) is 11.8 Å². The Morgan fingerprint density at radius 1 is 0.783 bits per heavy atom. The van der Waals surface area contributed by atoms with Crippen LogP contribution in [0.25, 0.3) is 32.9 Å². The van der Waals surface area contributed by atoms with E-state index in [0.717, 1.165) is 88.7 Å². The van der Waals surface area contributed by atoms with E-state index in [4.69, 9.17) is 33.9 Å². The van der Waals surface area contributed by atoms with Crippen LogP contribution in [0.5, 0.6) is 11.8 Å². The first-order valence-electron chi connectivity index (χ1n) is 33.7. The van der Waals surface area contributed by atoms with Crippen molar-refractivity contribution in [1.82, 2.24) is 39.9 Å². The van der Waals surface area contributed by atoms with E-state index in [0.29, 0.717) is 107 Å². The van der Waals surface area contributed by atoms with E-state index in [2.05, 4.69) is 84.0 Å². The second kappa shape index (κ2) is 26.8. The van der Waals surface area contributed by atoms with Crippen LogP contribution >= 0.6 is 0 Å². The molecule has 18 nitrogen and oxygen atoms in total. The number of fused-ring (bicyclic) bond motifs is 5. The van der Waals surface area contributed by atoms with Gasteiger partial charge in [-0.3, -0.25) is 34.5 Å². The number of ether oxygens (including phenoxy) is 4. The quantitative estimate of drug-likeness (QED) is 0.0379. The van der Waals surface area contributed by atoms with Crippen molar-refractivity contribution < 1.29 is 46.9 Å². The minimum Gasteiger partial charge on any atom is -0.468 e. The number of piperazine rings is 1. The maximum atomic E-state index is 18.2. The van der Waals surface area contributed by atoms with E-state index in [9.17, 15) is 19.2 Å². The molecule has 1 N–H and O–H groups in total. The number of likely N-dealkylation sites (tertiary alicyclic amines) is 2. The Balaban J connectivity index is 0.707. The Bertz CT molecular complexity index is 3640. The van der Waals surface area contributed by atoms with Gasteiger partial charge in [0.25, 0.3) is 5.91 Å². The van der Waals surface area contributed by atoms with Crippen LogP contribution in [0.4, 0.5) is 25.1 Å². The van der Waals surface area contributed by atoms with Crippen LogP contribution in [0, 0.1) is 40.9 Å². The first-order chi connectivity index (χ1) is 44.0. The van der Waals surface area contributed by atoms with Gasteiger partial charge in [0.05, 0.1) is 23.0 Å². The number of methoxy groups -OCH3 is 1. The number of carbonyl (C=O) groups excluding carboxylic acids is 4. The molecular weight excluding hydrogens is 1190 g/mol. The third-order valence-electron chi connectivity index (χ3n) is 21.0. The number of pyridine rings is 1. The number of carbonyl (C=O) groups is 4. The zero-order valence-corrected chi connectivity index (χ0v) is 56.4. The van der Waals surface area contributed by atoms with Gasteiger partial charge in [-0.15, -0.1) is 5.54 Å². The third kappa shape index (κ3) is 13.3. The van der Waals surface area contributed by atoms with E-state index in [1.165, 1.54) is 32.4 Å². The van der Waals surface area contributed by atoms with E-state index in [-0.39, 0.29) is 71.9 Å². The summed E-state index contributed by atoms with van der Waals surface area (Å²) in [7, 11) is -0.822. The summed E-state index contributed by atoms with van der Waals surface area (Å²) in [5, 5.41) is 3.82. The number of rotatable bonds is 18. The number of anilines is 2. The lowest BCUT2D eigenvalue weighted by molar-refractivity contribution is -0.136. The third-order valence-corrected chi connectivity index (χ3v) is 27.3. The fraction of sp³-hybridized carbons (Fsp3) is 0.592. The molecule has 0 spiro atoms. The van der Waals surface area contributed by atoms with E-state index in [1.807, 2.05) is 37.8 Å². The smallest absolute Gasteiger partial charge is 0.410 e. The highest BCUT2D eigenvalue weighted by Gasteiger charge is 2.46. The number of hydrogen-bond acceptors (Lipinski definition) is 15. The molecule has 92 heavy (non-hydrogen) atoms. The molecule has 21 heteroatoms. The molecule has 3 atom stereocenters. The monoisotopic (exact) mass is 1280 g/mol. The lowest BCUT2D eigenvalue weighted by atomic mass is 9.82. The zero-order chi connectivity index (χ0) is 64.9. The summed E-state index contributed by atoms with van der Waals surface area (Å²) in [6.07, 6.45) is 9.37. The number of piperidine rings is 3. The van der Waals surface area contributed by atoms with E-state index < -0.39 is 31.4 Å². The van der Waals surface area contributed by atoms with Crippen molar-refractivity contribution in [2.24, 2.45) is 17.8 Å². The van der Waals surface area contributed by atoms with Crippen LogP contribution in [0.15, 0.2) is 48.7 Å². The van der Waals surface area contributed by atoms with Gasteiger partial charge in [0, 0.05) is 93.7 Å². The van der Waals surface area contributed by atoms with Crippen molar-refractivity contribution in [2.75, 3.05) is 95.8 Å². The summed E-state index contributed by atoms with van der Waals surface area (Å²) in [5.41, 5.74) is 7.11. The van der Waals surface area contributed by atoms with Crippen LogP contribution < -0.4 is 24.6 Å². The van der Waals surface area contributed by atoms with Crippen LogP contribution in [0.2, 0.25) is 16.6 Å². The molecule has 6 fully saturated rings. The van der Waals surface area contributed by atoms with Gasteiger partial charge in [-0.25, -0.2) is 13.6 Å². The fourth-order valence-corrected chi connectivity index (χ4v) is 21.6. The Morgan fingerprint density at radius 2 is 1.47 bits per heavy atom. The second-order valence-electron chi connectivity index (χ2n) is 29.0. The fourth-order valence-electron chi connectivity index (χ4n) is 16.3. The standard InChI is InChI=1S/C71H92F2N10O8Si/c1-43(2)92(44(3)4,45(5)6)30-23-56-59(72)16-11-49-33-54(90-42-88-10)34-57(62(49)56)64-63(73)65-58(35-74-64)66(81-40-52-12-13-53(41-81)83(52)70(87)91-71(7,8)9)77-69(76-65)89-29-28-78-24-19-46(20-25-78)31-47-21-26-79(27-22-47)36-48-37-80(38-48)51-14-15-55-50(32-51)39-82(68(55)86)60-17-18-61(84)75-67(60)85/h11,14-16,32-35,43-48,52-53,60H,12-13,17-22,24-29,31,36-42H2,1-10H3,(H,75,84,85). The molecule has 12 rings (SSSR count). The molecule has 7 aliphatic rings. The number of aromatic nitrogens is 3. The van der Waals surface area contributed by atoms with Crippen LogP contribution in [0.3, 0.4) is 0 Å². The van der Waals surface area contributed by atoms with E-state index in [1.54, 1.807) is 29.3 Å². The molecule has 2 bridgehead atoms. The van der Waals surface area contributed by atoms with Crippen molar-refractivity contribution in [2.45, 2.75) is 167 Å². The lowest BCUT2D eigenvalue weighted by Gasteiger charge is -2.44. The summed E-state index contributed by atoms with van der Waals surface area (Å²) in [6, 6.07) is 11.7. The minimum atomic E-state index is -2.35. The van der Waals surface area contributed by atoms with Gasteiger partial charge < -0.3 is 38.5 Å². The average molecular weight is 1280 g/mol. The molecule has 0 radical (unpaired) electrons. The summed E-state index contributed by atoms with van der Waals surface area (Å²) >= 11 is 0. The number of nitrogens with zero attached hydrogens (tertiary/aromatic N) is 9. The second-order valence-corrected chi connectivity index (χ2v) is 34.6. The largest absolute Gasteiger partial charge is 0.468 e. The van der Waals surface area contributed by atoms with Gasteiger partial charge in [-0.2, -0.15) is 9.97 Å². The molecule has 5 aromatic rings. The average Bonchev–Trinajstić information content (AvgIpc) is 1.01. The molecule has 0 saturated carbocycles. The normalized spacial score (nSPS) is 21.4. The molecular formula is C71H92F2N10O8Si. The topological polar surface area (TPSA) is 175 Å². The van der Waals surface area contributed by atoms with Crippen molar-refractivity contribution in [1.29, 1.82) is 0 Å². The van der Waals surface area contributed by atoms with Crippen LogP contribution in [0.1, 0.15) is 142 Å². The van der Waals surface area contributed by atoms with Gasteiger partial charge in [-0.1, -0.05) is 53.5 Å². The predicted molar refractivity (Wildman–Crippen MR) is 354 cm³/mol. The van der Waals surface area contributed by atoms with Crippen LogP contribution in [-0.2, 0) is 25.6 Å². The SMILES string of the molecule is COCOc1cc(-c2ncc3c(N4CC5CCC(C4)N5C(=O)OC(C)(C)C)nc(OCCN4CCC(CC5CCN(CC6CN(c7ccc8c(c7)CN(C7CCC(=O)NC7=O)C8=O)C6)CC5)CC4)nc3c2F)c2c(C#C[Si](C(C)C)(C(C)C)C(C)C)c(F)ccc2c1. The van der Waals surface area contributed by atoms with Gasteiger partial charge in [-0.05, 0) is 174 Å². The highest BCUT2D eigenvalue weighted by Crippen LogP contribution is 2.44. The molecule has 9 heterocycles. The van der Waals surface area contributed by atoms with Crippen LogP contribution in [-0.4, -0.2) is 176 Å². The molecule has 3 unspecified atom stereocenters. The van der Waals surface area contributed by atoms with Crippen molar-refractivity contribution in [3.63, 3.8) is 0 Å². The molecule has 4 amide bonds. The Kier molecular flexibility index (Phi) is 18.9. The van der Waals surface area contributed by atoms with Crippen molar-refractivity contribution in [3.05, 3.63) is 77.0 Å². The Hall–Kier alpha value is -6.99. The maximum absolute atomic E-state index is 18.2. The molecule has 492 valence electrons. The number of imide groups is 1. The van der Waals surface area contributed by atoms with Gasteiger partial charge >= 0.3 is 12.1 Å². The highest BCUT2D eigenvalue weighted by molar-refractivity contribution is 6.90. The number of benzene rings is 3. The Labute approximate surface area is 541 Å². The summed E-state index contributed by atoms with van der Waals surface area (Å²) < 4.78 is 58.4. The number of hydrogen-bond donors (Lipinski definition) is 1. The zero-order valence-electron chi connectivity index (χ0n) is 55.4. The number of halogens is 2. The molecule has 2 aromatic heterocycles. The maximum Gasteiger partial charge on any atom is 0.410 e. The molecule has 0 aliphatic carbocycles. The summed E-state index contributed by atoms with van der Waals surface area (Å²) in [4.78, 5) is 79.0. The lowest BCUT2D eigenvalue weighted by Crippen LogP contribution is -2.57. The molecule has 6 saturated heterocycles. The summed E-state index contributed by atoms with van der Waals surface area (Å²) in [6.45, 7) is 28.3. The van der Waals surface area contributed by atoms with Crippen molar-refractivity contribution in [3.8, 4) is 34.5 Å². The molecule has 7 aliphatic heterocycles. The first-order valence-corrected chi connectivity index (χ1v) is 35.9. The predicted octanol–water partition coefficient (Wildman–Crippen LogP) is 11.4. The summed E-state index contributed by atoms with van der Waals surface area (Å²) in [5.74, 6) is 4.18. The first kappa shape index (κ1) is 65.1. The van der Waals surface area contributed by atoms with E-state index >= 15 is 8.78 Å².